The summed E-state index contributed by atoms with van der Waals surface area (Å²) in [5.41, 5.74) is 1.14. The number of aryl methyl sites for hydroxylation is 2. The van der Waals surface area contributed by atoms with E-state index >= 15 is 0 Å². The van der Waals surface area contributed by atoms with Crippen LogP contribution in [-0.4, -0.2) is 51.4 Å². The Labute approximate surface area is 153 Å². The van der Waals surface area contributed by atoms with Crippen molar-refractivity contribution < 1.29 is 14.4 Å². The summed E-state index contributed by atoms with van der Waals surface area (Å²) in [6.07, 6.45) is -0.0742. The quantitative estimate of drug-likeness (QED) is 0.719. The lowest BCUT2D eigenvalue weighted by Crippen LogP contribution is -2.53. The molecule has 136 valence electrons. The van der Waals surface area contributed by atoms with Gasteiger partial charge in [-0.1, -0.05) is 5.16 Å². The highest BCUT2D eigenvalue weighted by atomic mass is 32.1. The van der Waals surface area contributed by atoms with Gasteiger partial charge in [0.25, 0.3) is 5.91 Å². The number of aliphatic hydroxyl groups is 1. The number of hydrogen-bond acceptors (Lipinski definition) is 8. The molecule has 0 aliphatic carbocycles. The first-order valence-corrected chi connectivity index (χ1v) is 9.26. The highest BCUT2D eigenvalue weighted by Gasteiger charge is 2.30. The average molecular weight is 373 g/mol. The predicted molar refractivity (Wildman–Crippen MR) is 97.5 cm³/mol. The molecule has 2 atom stereocenters. The monoisotopic (exact) mass is 373 g/mol. The standard InChI is InChI=1S/C17H19N5O3S/c1-9-5-14(21-25-9)17(24)20-11-6-12(23)8-22(7-11)16-15-13(3-4-26-15)18-10(2)19-16/h3-5,11-12,23H,6-8H2,1-2H3,(H,20,24)/t11-,12+/m0/s1. The molecule has 4 heterocycles. The highest BCUT2D eigenvalue weighted by molar-refractivity contribution is 7.17. The Kier molecular flexibility index (Phi) is 4.33. The maximum absolute atomic E-state index is 12.3. The molecule has 0 saturated carbocycles. The van der Waals surface area contributed by atoms with Crippen LogP contribution in [0.3, 0.4) is 0 Å². The van der Waals surface area contributed by atoms with Crippen LogP contribution >= 0.6 is 11.3 Å². The van der Waals surface area contributed by atoms with E-state index in [1.54, 1.807) is 24.3 Å². The third kappa shape index (κ3) is 3.27. The number of nitrogens with zero attached hydrogens (tertiary/aromatic N) is 4. The second kappa shape index (κ2) is 6.65. The summed E-state index contributed by atoms with van der Waals surface area (Å²) in [7, 11) is 0. The minimum absolute atomic E-state index is 0.214. The lowest BCUT2D eigenvalue weighted by Gasteiger charge is -2.36. The molecule has 0 unspecified atom stereocenters. The van der Waals surface area contributed by atoms with Crippen LogP contribution in [0.15, 0.2) is 22.0 Å². The number of piperidine rings is 1. The number of β-amino-alcohol motifs (C(OH)–C–C–N with tert-alkyl or cyclic N) is 1. The second-order valence-electron chi connectivity index (χ2n) is 6.52. The molecule has 1 aliphatic heterocycles. The van der Waals surface area contributed by atoms with E-state index in [0.717, 1.165) is 16.0 Å². The largest absolute Gasteiger partial charge is 0.391 e. The lowest BCUT2D eigenvalue weighted by atomic mass is 10.0. The van der Waals surface area contributed by atoms with Crippen LogP contribution in [0, 0.1) is 13.8 Å². The fraction of sp³-hybridized carbons (Fsp3) is 0.412. The summed E-state index contributed by atoms with van der Waals surface area (Å²) in [6, 6.07) is 3.34. The molecule has 3 aromatic rings. The van der Waals surface area contributed by atoms with Gasteiger partial charge in [0.05, 0.1) is 16.3 Å². The van der Waals surface area contributed by atoms with Gasteiger partial charge in [0.1, 0.15) is 11.6 Å². The van der Waals surface area contributed by atoms with Crippen LogP contribution in [0.2, 0.25) is 0 Å². The molecule has 0 spiro atoms. The molecule has 3 aromatic heterocycles. The van der Waals surface area contributed by atoms with Crippen molar-refractivity contribution in [2.24, 2.45) is 0 Å². The molecule has 0 radical (unpaired) electrons. The molecule has 26 heavy (non-hydrogen) atoms. The van der Waals surface area contributed by atoms with Gasteiger partial charge in [-0.2, -0.15) is 0 Å². The second-order valence-corrected chi connectivity index (χ2v) is 7.43. The van der Waals surface area contributed by atoms with Gasteiger partial charge in [0.15, 0.2) is 11.5 Å². The number of amides is 1. The molecule has 1 saturated heterocycles. The molecular weight excluding hydrogens is 354 g/mol. The number of aliphatic hydroxyl groups excluding tert-OH is 1. The first-order valence-electron chi connectivity index (χ1n) is 8.38. The fourth-order valence-corrected chi connectivity index (χ4v) is 4.11. The third-order valence-electron chi connectivity index (χ3n) is 4.32. The minimum atomic E-state index is -0.557. The summed E-state index contributed by atoms with van der Waals surface area (Å²) >= 11 is 1.57. The average Bonchev–Trinajstić information content (AvgIpc) is 3.22. The fourth-order valence-electron chi connectivity index (χ4n) is 3.26. The van der Waals surface area contributed by atoms with E-state index in [4.69, 9.17) is 4.52 Å². The van der Waals surface area contributed by atoms with Crippen molar-refractivity contribution in [1.29, 1.82) is 0 Å². The molecule has 1 aliphatic rings. The maximum atomic E-state index is 12.3. The van der Waals surface area contributed by atoms with Gasteiger partial charge < -0.3 is 19.8 Å². The van der Waals surface area contributed by atoms with Gasteiger partial charge in [-0.25, -0.2) is 9.97 Å². The van der Waals surface area contributed by atoms with Gasteiger partial charge in [0.2, 0.25) is 0 Å². The Balaban J connectivity index is 1.56. The SMILES string of the molecule is Cc1nc(N2C[C@H](O)C[C@H](NC(=O)c3cc(C)on3)C2)c2sccc2n1. The van der Waals surface area contributed by atoms with Crippen molar-refractivity contribution in [3.8, 4) is 0 Å². The van der Waals surface area contributed by atoms with Crippen molar-refractivity contribution in [1.82, 2.24) is 20.4 Å². The molecule has 2 N–H and O–H groups in total. The Morgan fingerprint density at radius 1 is 1.38 bits per heavy atom. The number of carbonyl (C=O) groups is 1. The van der Waals surface area contributed by atoms with Gasteiger partial charge in [-0.3, -0.25) is 4.79 Å². The number of nitrogens with one attached hydrogen (secondary N) is 1. The molecule has 8 nitrogen and oxygen atoms in total. The predicted octanol–water partition coefficient (Wildman–Crippen LogP) is 1.67. The van der Waals surface area contributed by atoms with E-state index in [1.807, 2.05) is 23.3 Å². The Bertz CT molecular complexity index is 953. The topological polar surface area (TPSA) is 104 Å². The van der Waals surface area contributed by atoms with Crippen LogP contribution < -0.4 is 10.2 Å². The zero-order valence-corrected chi connectivity index (χ0v) is 15.3. The van der Waals surface area contributed by atoms with E-state index in [2.05, 4.69) is 20.4 Å². The maximum Gasteiger partial charge on any atom is 0.273 e. The first kappa shape index (κ1) is 16.9. The summed E-state index contributed by atoms with van der Waals surface area (Å²) in [5.74, 6) is 1.76. The van der Waals surface area contributed by atoms with Crippen LogP contribution in [-0.2, 0) is 0 Å². The van der Waals surface area contributed by atoms with Crippen LogP contribution in [0.5, 0.6) is 0 Å². The Morgan fingerprint density at radius 3 is 3.00 bits per heavy atom. The lowest BCUT2D eigenvalue weighted by molar-refractivity contribution is 0.0886. The van der Waals surface area contributed by atoms with Crippen molar-refractivity contribution in [2.75, 3.05) is 18.0 Å². The van der Waals surface area contributed by atoms with Crippen molar-refractivity contribution in [3.63, 3.8) is 0 Å². The van der Waals surface area contributed by atoms with E-state index in [-0.39, 0.29) is 17.6 Å². The van der Waals surface area contributed by atoms with Gasteiger partial charge in [-0.05, 0) is 31.7 Å². The van der Waals surface area contributed by atoms with Gasteiger partial charge in [-0.15, -0.1) is 11.3 Å². The minimum Gasteiger partial charge on any atom is -0.391 e. The van der Waals surface area contributed by atoms with Crippen LogP contribution in [0.25, 0.3) is 10.2 Å². The summed E-state index contributed by atoms with van der Waals surface area (Å²) in [6.45, 7) is 4.62. The normalized spacial score (nSPS) is 20.5. The smallest absolute Gasteiger partial charge is 0.273 e. The number of carbonyl (C=O) groups excluding carboxylic acids is 1. The molecule has 1 amide bonds. The van der Waals surface area contributed by atoms with Gasteiger partial charge in [0, 0.05) is 25.2 Å². The number of aromatic nitrogens is 3. The van der Waals surface area contributed by atoms with Crippen molar-refractivity contribution in [2.45, 2.75) is 32.4 Å². The molecule has 9 heteroatoms. The molecule has 0 aromatic carbocycles. The number of thiophene rings is 1. The van der Waals surface area contributed by atoms with Crippen LogP contribution in [0.1, 0.15) is 28.5 Å². The third-order valence-corrected chi connectivity index (χ3v) is 5.22. The molecule has 4 rings (SSSR count). The van der Waals surface area contributed by atoms with E-state index < -0.39 is 6.10 Å². The van der Waals surface area contributed by atoms with Crippen molar-refractivity contribution >= 4 is 33.3 Å². The van der Waals surface area contributed by atoms with Crippen LogP contribution in [0.4, 0.5) is 5.82 Å². The van der Waals surface area contributed by atoms with E-state index in [1.165, 1.54) is 0 Å². The Hall–Kier alpha value is -2.52. The highest BCUT2D eigenvalue weighted by Crippen LogP contribution is 2.30. The first-order chi connectivity index (χ1) is 12.5. The summed E-state index contributed by atoms with van der Waals surface area (Å²) in [4.78, 5) is 23.4. The zero-order valence-electron chi connectivity index (χ0n) is 14.5. The molecular formula is C17H19N5O3S. The summed E-state index contributed by atoms with van der Waals surface area (Å²) < 4.78 is 5.94. The number of hydrogen-bond donors (Lipinski definition) is 2. The number of anilines is 1. The Morgan fingerprint density at radius 2 is 2.23 bits per heavy atom. The number of fused-ring (bicyclic) bond motifs is 1. The van der Waals surface area contributed by atoms with Crippen molar-refractivity contribution in [3.05, 3.63) is 34.8 Å². The van der Waals surface area contributed by atoms with Gasteiger partial charge >= 0.3 is 0 Å². The molecule has 1 fully saturated rings. The summed E-state index contributed by atoms with van der Waals surface area (Å²) in [5, 5.41) is 19.0. The zero-order chi connectivity index (χ0) is 18.3. The van der Waals surface area contributed by atoms with E-state index in [9.17, 15) is 9.90 Å². The molecule has 0 bridgehead atoms. The van der Waals surface area contributed by atoms with E-state index in [0.29, 0.717) is 31.1 Å². The number of rotatable bonds is 3.